The predicted molar refractivity (Wildman–Crippen MR) is 129 cm³/mol. The molecule has 29 heavy (non-hydrogen) atoms. The van der Waals surface area contributed by atoms with Crippen molar-refractivity contribution in [2.45, 2.75) is 89.6 Å². The zero-order valence-corrected chi connectivity index (χ0v) is 19.6. The molecule has 0 aromatic heterocycles. The number of nitrogens with zero attached hydrogens (tertiary/aromatic N) is 1. The summed E-state index contributed by atoms with van der Waals surface area (Å²) < 4.78 is 0. The topological polar surface area (TPSA) is 3.24 Å². The number of piperidine rings is 1. The summed E-state index contributed by atoms with van der Waals surface area (Å²) in [5, 5.41) is 4.20. The Hall–Kier alpha value is -0.810. The van der Waals surface area contributed by atoms with Crippen molar-refractivity contribution >= 4 is 18.9 Å². The first-order valence-electron chi connectivity index (χ1n) is 12.5. The van der Waals surface area contributed by atoms with Gasteiger partial charge in [-0.1, -0.05) is 51.0 Å². The van der Waals surface area contributed by atoms with E-state index in [-0.39, 0.29) is 7.92 Å². The van der Waals surface area contributed by atoms with Crippen molar-refractivity contribution in [3.63, 3.8) is 0 Å². The lowest BCUT2D eigenvalue weighted by Gasteiger charge is -2.53. The minimum Gasteiger partial charge on any atom is -0.371 e. The number of rotatable bonds is 4. The largest absolute Gasteiger partial charge is 0.371 e. The minimum absolute atomic E-state index is 0.214. The molecule has 5 rings (SSSR count). The smallest absolute Gasteiger partial charge is 0.0447 e. The lowest BCUT2D eigenvalue weighted by atomic mass is 9.68. The van der Waals surface area contributed by atoms with Crippen LogP contribution in [0.1, 0.15) is 84.5 Å². The molecule has 0 amide bonds. The number of anilines is 1. The van der Waals surface area contributed by atoms with Crippen molar-refractivity contribution in [1.82, 2.24) is 0 Å². The Morgan fingerprint density at radius 2 is 1.79 bits per heavy atom. The van der Waals surface area contributed by atoms with Crippen LogP contribution < -0.4 is 10.2 Å². The molecular weight excluding hydrogens is 369 g/mol. The van der Waals surface area contributed by atoms with Crippen molar-refractivity contribution in [3.05, 3.63) is 35.7 Å². The van der Waals surface area contributed by atoms with Gasteiger partial charge in [-0.15, -0.1) is 0 Å². The van der Waals surface area contributed by atoms with Gasteiger partial charge in [0.1, 0.15) is 0 Å². The summed E-state index contributed by atoms with van der Waals surface area (Å²) in [6, 6.07) is 9.67. The second-order valence-corrected chi connectivity index (χ2v) is 13.5. The fourth-order valence-corrected chi connectivity index (χ4v) is 11.5. The molecule has 0 radical (unpaired) electrons. The number of hydrogen-bond donors (Lipinski definition) is 0. The summed E-state index contributed by atoms with van der Waals surface area (Å²) in [5.74, 6) is 2.77. The van der Waals surface area contributed by atoms with Crippen LogP contribution in [0.5, 0.6) is 0 Å². The average molecular weight is 410 g/mol. The highest BCUT2D eigenvalue weighted by Crippen LogP contribution is 2.69. The number of allylic oxidation sites excluding steroid dienone is 2. The van der Waals surface area contributed by atoms with E-state index in [4.69, 9.17) is 0 Å². The first kappa shape index (κ1) is 20.1. The molecule has 2 saturated carbocycles. The summed E-state index contributed by atoms with van der Waals surface area (Å²) in [7, 11) is -0.214. The Labute approximate surface area is 180 Å². The summed E-state index contributed by atoms with van der Waals surface area (Å²) >= 11 is 0. The summed E-state index contributed by atoms with van der Waals surface area (Å²) in [4.78, 5) is 2.75. The Balaban J connectivity index is 1.59. The quantitative estimate of drug-likeness (QED) is 0.467. The summed E-state index contributed by atoms with van der Waals surface area (Å²) in [5.41, 5.74) is 1.61. The van der Waals surface area contributed by atoms with Gasteiger partial charge in [0, 0.05) is 24.1 Å². The van der Waals surface area contributed by atoms with Crippen molar-refractivity contribution in [3.8, 4) is 0 Å². The van der Waals surface area contributed by atoms with Crippen molar-refractivity contribution in [2.24, 2.45) is 17.8 Å². The van der Waals surface area contributed by atoms with Gasteiger partial charge < -0.3 is 4.90 Å². The molecule has 0 spiro atoms. The van der Waals surface area contributed by atoms with Gasteiger partial charge in [0.15, 0.2) is 0 Å². The van der Waals surface area contributed by atoms with Crippen LogP contribution in [0.25, 0.3) is 0 Å². The highest BCUT2D eigenvalue weighted by atomic mass is 31.1. The Morgan fingerprint density at radius 3 is 2.59 bits per heavy atom. The van der Waals surface area contributed by atoms with Crippen LogP contribution in [0.3, 0.4) is 0 Å². The maximum absolute atomic E-state index is 2.75. The maximum atomic E-state index is 2.75. The molecule has 1 aromatic carbocycles. The monoisotopic (exact) mass is 409 g/mol. The predicted octanol–water partition coefficient (Wildman–Crippen LogP) is 7.46. The van der Waals surface area contributed by atoms with E-state index in [1.807, 2.05) is 5.31 Å². The van der Waals surface area contributed by atoms with Gasteiger partial charge in [-0.05, 0) is 100.0 Å². The fourth-order valence-electron chi connectivity index (χ4n) is 7.26. The number of hydrogen-bond acceptors (Lipinski definition) is 1. The summed E-state index contributed by atoms with van der Waals surface area (Å²) in [6.45, 7) is 7.56. The van der Waals surface area contributed by atoms with Gasteiger partial charge in [-0.2, -0.15) is 0 Å². The molecule has 1 saturated heterocycles. The first-order chi connectivity index (χ1) is 14.1. The SMILES string of the molecule is CC1CC=C(P(c2ccccc2N2CCCCC2)C23CCCC(CC(C)C2)C3)C1. The Bertz CT molecular complexity index is 745. The van der Waals surface area contributed by atoms with Crippen molar-refractivity contribution in [2.75, 3.05) is 18.0 Å². The second-order valence-electron chi connectivity index (χ2n) is 10.8. The molecule has 1 heterocycles. The molecule has 1 aliphatic heterocycles. The van der Waals surface area contributed by atoms with Gasteiger partial charge in [-0.3, -0.25) is 0 Å². The number of fused-ring (bicyclic) bond motifs is 2. The second kappa shape index (κ2) is 8.37. The maximum Gasteiger partial charge on any atom is 0.0447 e. The third-order valence-electron chi connectivity index (χ3n) is 8.28. The van der Waals surface area contributed by atoms with E-state index in [0.717, 1.165) is 17.8 Å². The van der Waals surface area contributed by atoms with E-state index in [1.54, 1.807) is 11.0 Å². The molecule has 1 nitrogen and oxygen atoms in total. The molecule has 2 bridgehead atoms. The number of benzene rings is 1. The van der Waals surface area contributed by atoms with Crippen LogP contribution in [0.2, 0.25) is 0 Å². The van der Waals surface area contributed by atoms with Crippen LogP contribution in [0, 0.1) is 17.8 Å². The van der Waals surface area contributed by atoms with E-state index >= 15 is 0 Å². The average Bonchev–Trinajstić information content (AvgIpc) is 3.14. The zero-order valence-electron chi connectivity index (χ0n) is 18.7. The number of para-hydroxylation sites is 1. The molecule has 5 unspecified atom stereocenters. The van der Waals surface area contributed by atoms with E-state index < -0.39 is 0 Å². The molecule has 5 atom stereocenters. The lowest BCUT2D eigenvalue weighted by molar-refractivity contribution is 0.167. The molecule has 3 fully saturated rings. The van der Waals surface area contributed by atoms with Crippen LogP contribution in [0.15, 0.2) is 35.7 Å². The summed E-state index contributed by atoms with van der Waals surface area (Å²) in [6.07, 6.45) is 18.5. The van der Waals surface area contributed by atoms with Gasteiger partial charge in [0.05, 0.1) is 0 Å². The van der Waals surface area contributed by atoms with E-state index in [1.165, 1.54) is 83.7 Å². The third kappa shape index (κ3) is 3.94. The minimum atomic E-state index is -0.214. The van der Waals surface area contributed by atoms with Crippen LogP contribution in [-0.2, 0) is 0 Å². The molecule has 1 aromatic rings. The molecular formula is C27H40NP. The normalized spacial score (nSPS) is 36.0. The van der Waals surface area contributed by atoms with E-state index in [2.05, 4.69) is 49.1 Å². The van der Waals surface area contributed by atoms with Gasteiger partial charge >= 0.3 is 0 Å². The molecule has 3 aliphatic carbocycles. The zero-order chi connectivity index (χ0) is 19.8. The fraction of sp³-hybridized carbons (Fsp3) is 0.704. The van der Waals surface area contributed by atoms with Gasteiger partial charge in [-0.25, -0.2) is 0 Å². The molecule has 158 valence electrons. The van der Waals surface area contributed by atoms with Crippen molar-refractivity contribution in [1.29, 1.82) is 0 Å². The highest BCUT2D eigenvalue weighted by Gasteiger charge is 2.49. The van der Waals surface area contributed by atoms with Gasteiger partial charge in [0.25, 0.3) is 0 Å². The van der Waals surface area contributed by atoms with E-state index in [9.17, 15) is 0 Å². The van der Waals surface area contributed by atoms with Crippen LogP contribution in [0.4, 0.5) is 5.69 Å². The van der Waals surface area contributed by atoms with Gasteiger partial charge in [0.2, 0.25) is 0 Å². The Kier molecular flexibility index (Phi) is 5.81. The highest BCUT2D eigenvalue weighted by molar-refractivity contribution is 7.71. The van der Waals surface area contributed by atoms with Crippen LogP contribution >= 0.6 is 7.92 Å². The Morgan fingerprint density at radius 1 is 0.966 bits per heavy atom. The third-order valence-corrected chi connectivity index (χ3v) is 11.6. The molecule has 0 N–H and O–H groups in total. The lowest BCUT2D eigenvalue weighted by Crippen LogP contribution is -2.43. The first-order valence-corrected chi connectivity index (χ1v) is 13.8. The van der Waals surface area contributed by atoms with Crippen molar-refractivity contribution < 1.29 is 0 Å². The molecule has 2 heteroatoms. The van der Waals surface area contributed by atoms with Crippen LogP contribution in [-0.4, -0.2) is 18.2 Å². The molecule has 4 aliphatic rings. The standard InChI is InChI=1S/C27H40NP/c1-21-12-13-24(18-21)29(27-14-8-9-23(20-27)17-22(2)19-27)26-11-5-4-10-25(26)28-15-6-3-7-16-28/h4-5,10-11,13,21-23H,3,6-9,12,14-20H2,1-2H3. The van der Waals surface area contributed by atoms with E-state index in [0.29, 0.717) is 5.16 Å².